The van der Waals surface area contributed by atoms with E-state index in [1.807, 2.05) is 30.3 Å². The molecule has 0 heterocycles. The van der Waals surface area contributed by atoms with Crippen LogP contribution < -0.4 is 20.1 Å². The molecule has 25 heavy (non-hydrogen) atoms. The molecular weight excluding hydrogens is 314 g/mol. The fraction of sp³-hybridized carbons (Fsp3) is 0.350. The van der Waals surface area contributed by atoms with Gasteiger partial charge in [0.1, 0.15) is 11.5 Å². The van der Waals surface area contributed by atoms with Gasteiger partial charge in [0.2, 0.25) is 0 Å². The van der Waals surface area contributed by atoms with Gasteiger partial charge >= 0.3 is 0 Å². The Morgan fingerprint density at radius 1 is 0.960 bits per heavy atom. The number of rotatable bonds is 9. The van der Waals surface area contributed by atoms with Crippen LogP contribution in [0.5, 0.6) is 11.5 Å². The minimum absolute atomic E-state index is 0.640. The molecule has 0 radical (unpaired) electrons. The van der Waals surface area contributed by atoms with Crippen LogP contribution in [-0.2, 0) is 6.42 Å². The first-order valence-corrected chi connectivity index (χ1v) is 8.57. The van der Waals surface area contributed by atoms with Crippen molar-refractivity contribution in [1.82, 2.24) is 10.6 Å². The van der Waals surface area contributed by atoms with Gasteiger partial charge in [0.05, 0.1) is 13.7 Å². The highest BCUT2D eigenvalue weighted by Gasteiger charge is 1.99. The second-order valence-electron chi connectivity index (χ2n) is 5.54. The zero-order valence-corrected chi connectivity index (χ0v) is 15.0. The normalized spacial score (nSPS) is 11.0. The van der Waals surface area contributed by atoms with Gasteiger partial charge in [0, 0.05) is 26.2 Å². The SMILES string of the molecule is CN=C(NCCCOc1cccc(OC)c1)NCCc1ccccc1. The third-order valence-electron chi connectivity index (χ3n) is 3.70. The molecule has 0 fully saturated rings. The van der Waals surface area contributed by atoms with Crippen LogP contribution in [0.25, 0.3) is 0 Å². The van der Waals surface area contributed by atoms with E-state index in [4.69, 9.17) is 9.47 Å². The molecule has 2 N–H and O–H groups in total. The molecule has 2 aromatic carbocycles. The molecule has 0 aliphatic heterocycles. The molecule has 2 aromatic rings. The van der Waals surface area contributed by atoms with E-state index in [2.05, 4.69) is 39.9 Å². The van der Waals surface area contributed by atoms with Crippen molar-refractivity contribution >= 4 is 5.96 Å². The Morgan fingerprint density at radius 3 is 2.48 bits per heavy atom. The molecule has 0 atom stereocenters. The zero-order valence-electron chi connectivity index (χ0n) is 15.0. The van der Waals surface area contributed by atoms with E-state index in [1.165, 1.54) is 5.56 Å². The van der Waals surface area contributed by atoms with Gasteiger partial charge in [0.25, 0.3) is 0 Å². The van der Waals surface area contributed by atoms with Crippen molar-refractivity contribution in [2.24, 2.45) is 4.99 Å². The molecule has 0 amide bonds. The van der Waals surface area contributed by atoms with Crippen LogP contribution in [0, 0.1) is 0 Å². The van der Waals surface area contributed by atoms with Crippen molar-refractivity contribution in [3.05, 3.63) is 60.2 Å². The van der Waals surface area contributed by atoms with Crippen molar-refractivity contribution in [2.45, 2.75) is 12.8 Å². The number of aliphatic imine (C=N–C) groups is 1. The van der Waals surface area contributed by atoms with E-state index in [0.717, 1.165) is 43.4 Å². The Balaban J connectivity index is 1.59. The average molecular weight is 341 g/mol. The largest absolute Gasteiger partial charge is 0.497 e. The van der Waals surface area contributed by atoms with Crippen molar-refractivity contribution in [3.8, 4) is 11.5 Å². The number of ether oxygens (including phenoxy) is 2. The lowest BCUT2D eigenvalue weighted by Gasteiger charge is -2.12. The number of guanidine groups is 1. The molecule has 0 unspecified atom stereocenters. The van der Waals surface area contributed by atoms with Crippen LogP contribution in [0.15, 0.2) is 59.6 Å². The summed E-state index contributed by atoms with van der Waals surface area (Å²) in [6, 6.07) is 18.1. The van der Waals surface area contributed by atoms with Crippen molar-refractivity contribution in [2.75, 3.05) is 33.9 Å². The summed E-state index contributed by atoms with van der Waals surface area (Å²) >= 11 is 0. The van der Waals surface area contributed by atoms with Crippen molar-refractivity contribution in [1.29, 1.82) is 0 Å². The third-order valence-corrected chi connectivity index (χ3v) is 3.70. The maximum Gasteiger partial charge on any atom is 0.190 e. The lowest BCUT2D eigenvalue weighted by molar-refractivity contribution is 0.308. The number of nitrogens with zero attached hydrogens (tertiary/aromatic N) is 1. The van der Waals surface area contributed by atoms with Crippen LogP contribution in [0.1, 0.15) is 12.0 Å². The van der Waals surface area contributed by atoms with Crippen LogP contribution in [0.4, 0.5) is 0 Å². The summed E-state index contributed by atoms with van der Waals surface area (Å²) in [6.07, 6.45) is 1.86. The number of benzene rings is 2. The van der Waals surface area contributed by atoms with Crippen LogP contribution >= 0.6 is 0 Å². The van der Waals surface area contributed by atoms with Gasteiger partial charge in [-0.25, -0.2) is 0 Å². The van der Waals surface area contributed by atoms with Gasteiger partial charge in [-0.15, -0.1) is 0 Å². The topological polar surface area (TPSA) is 54.9 Å². The average Bonchev–Trinajstić information content (AvgIpc) is 2.67. The second kappa shape index (κ2) is 11.0. The molecule has 5 heteroatoms. The van der Waals surface area contributed by atoms with Crippen LogP contribution in [0.2, 0.25) is 0 Å². The second-order valence-corrected chi connectivity index (χ2v) is 5.54. The molecule has 2 rings (SSSR count). The minimum Gasteiger partial charge on any atom is -0.497 e. The van der Waals surface area contributed by atoms with Crippen LogP contribution in [-0.4, -0.2) is 39.8 Å². The van der Waals surface area contributed by atoms with Crippen molar-refractivity contribution in [3.63, 3.8) is 0 Å². The van der Waals surface area contributed by atoms with E-state index >= 15 is 0 Å². The Kier molecular flexibility index (Phi) is 8.18. The Bertz CT molecular complexity index is 644. The molecule has 0 spiro atoms. The summed E-state index contributed by atoms with van der Waals surface area (Å²) in [5.74, 6) is 2.45. The first kappa shape index (κ1) is 18.6. The monoisotopic (exact) mass is 341 g/mol. The quantitative estimate of drug-likeness (QED) is 0.418. The summed E-state index contributed by atoms with van der Waals surface area (Å²) in [7, 11) is 3.43. The standard InChI is InChI=1S/C20H27N3O2/c1-21-20(23-14-12-17-8-4-3-5-9-17)22-13-7-15-25-19-11-6-10-18(16-19)24-2/h3-6,8-11,16H,7,12-15H2,1-2H3,(H2,21,22,23). The number of hydrogen-bond donors (Lipinski definition) is 2. The lowest BCUT2D eigenvalue weighted by atomic mass is 10.1. The maximum atomic E-state index is 5.72. The molecule has 0 aliphatic carbocycles. The molecule has 134 valence electrons. The summed E-state index contributed by atoms with van der Waals surface area (Å²) in [6.45, 7) is 2.29. The number of nitrogens with one attached hydrogen (secondary N) is 2. The highest BCUT2D eigenvalue weighted by atomic mass is 16.5. The Morgan fingerprint density at radius 2 is 1.72 bits per heavy atom. The Hall–Kier alpha value is -2.69. The summed E-state index contributed by atoms with van der Waals surface area (Å²) in [5, 5.41) is 6.62. The molecular formula is C20H27N3O2. The van der Waals surface area contributed by atoms with Crippen LogP contribution in [0.3, 0.4) is 0 Å². The fourth-order valence-corrected chi connectivity index (χ4v) is 2.35. The van der Waals surface area contributed by atoms with E-state index < -0.39 is 0 Å². The predicted octanol–water partition coefficient (Wildman–Crippen LogP) is 2.87. The summed E-state index contributed by atoms with van der Waals surface area (Å²) in [5.41, 5.74) is 1.32. The first-order chi connectivity index (χ1) is 12.3. The summed E-state index contributed by atoms with van der Waals surface area (Å²) < 4.78 is 10.9. The Labute approximate surface area is 150 Å². The third kappa shape index (κ3) is 7.16. The lowest BCUT2D eigenvalue weighted by Crippen LogP contribution is -2.39. The smallest absolute Gasteiger partial charge is 0.190 e. The van der Waals surface area contributed by atoms with Gasteiger partial charge < -0.3 is 20.1 Å². The molecule has 0 saturated carbocycles. The number of methoxy groups -OCH3 is 1. The summed E-state index contributed by atoms with van der Waals surface area (Å²) in [4.78, 5) is 4.23. The maximum absolute atomic E-state index is 5.72. The predicted molar refractivity (Wildman–Crippen MR) is 103 cm³/mol. The highest BCUT2D eigenvalue weighted by Crippen LogP contribution is 2.18. The molecule has 0 aromatic heterocycles. The molecule has 0 bridgehead atoms. The van der Waals surface area contributed by atoms with Gasteiger partial charge in [0.15, 0.2) is 5.96 Å². The van der Waals surface area contributed by atoms with Crippen molar-refractivity contribution < 1.29 is 9.47 Å². The van der Waals surface area contributed by atoms with Gasteiger partial charge in [-0.3, -0.25) is 4.99 Å². The molecule has 5 nitrogen and oxygen atoms in total. The molecule has 0 aliphatic rings. The van der Waals surface area contributed by atoms with Gasteiger partial charge in [-0.2, -0.15) is 0 Å². The zero-order chi connectivity index (χ0) is 17.7. The van der Waals surface area contributed by atoms with E-state index in [-0.39, 0.29) is 0 Å². The first-order valence-electron chi connectivity index (χ1n) is 8.57. The van der Waals surface area contributed by atoms with Gasteiger partial charge in [-0.1, -0.05) is 36.4 Å². The molecule has 0 saturated heterocycles. The number of hydrogen-bond acceptors (Lipinski definition) is 3. The highest BCUT2D eigenvalue weighted by molar-refractivity contribution is 5.79. The van der Waals surface area contributed by atoms with E-state index in [1.54, 1.807) is 14.2 Å². The minimum atomic E-state index is 0.640. The van der Waals surface area contributed by atoms with E-state index in [9.17, 15) is 0 Å². The van der Waals surface area contributed by atoms with Gasteiger partial charge in [-0.05, 0) is 30.5 Å². The van der Waals surface area contributed by atoms with E-state index in [0.29, 0.717) is 6.61 Å². The fourth-order valence-electron chi connectivity index (χ4n) is 2.35.